The zero-order chi connectivity index (χ0) is 15.4. The van der Waals surface area contributed by atoms with E-state index < -0.39 is 0 Å². The van der Waals surface area contributed by atoms with Crippen molar-refractivity contribution < 1.29 is 9.84 Å². The molecule has 2 rings (SSSR count). The third-order valence-corrected chi connectivity index (χ3v) is 7.11. The van der Waals surface area contributed by atoms with Gasteiger partial charge in [-0.2, -0.15) is 0 Å². The molecule has 120 valence electrons. The fraction of sp³-hybridized carbons (Fsp3) is 0.812. The monoisotopic (exact) mass is 484 g/mol. The first-order valence-corrected chi connectivity index (χ1v) is 10.4. The van der Waals surface area contributed by atoms with E-state index in [1.165, 1.54) is 0 Å². The maximum absolute atomic E-state index is 10.4. The Bertz CT molecular complexity index is 395. The van der Waals surface area contributed by atoms with Crippen molar-refractivity contribution in [3.63, 3.8) is 0 Å². The van der Waals surface area contributed by atoms with Crippen LogP contribution < -0.4 is 0 Å². The molecule has 0 aromatic rings. The smallest absolute Gasteiger partial charge is 0.0715 e. The second-order valence-corrected chi connectivity index (χ2v) is 8.94. The van der Waals surface area contributed by atoms with Gasteiger partial charge >= 0.3 is 0 Å². The molecular formula is C16H23Br3O2. The Morgan fingerprint density at radius 2 is 2.10 bits per heavy atom. The summed E-state index contributed by atoms with van der Waals surface area (Å²) in [6.07, 6.45) is 7.11. The number of ether oxygens (including phenoxy) is 1. The van der Waals surface area contributed by atoms with E-state index in [9.17, 15) is 5.11 Å². The zero-order valence-corrected chi connectivity index (χ0v) is 17.0. The Balaban J connectivity index is 2.11. The van der Waals surface area contributed by atoms with Gasteiger partial charge in [-0.1, -0.05) is 54.7 Å². The summed E-state index contributed by atoms with van der Waals surface area (Å²) in [6, 6.07) is 0. The molecule has 21 heavy (non-hydrogen) atoms. The number of rotatable bonds is 3. The van der Waals surface area contributed by atoms with Crippen LogP contribution in [0.15, 0.2) is 16.8 Å². The lowest BCUT2D eigenvalue weighted by atomic mass is 9.91. The van der Waals surface area contributed by atoms with Gasteiger partial charge in [0.1, 0.15) is 0 Å². The largest absolute Gasteiger partial charge is 0.392 e. The minimum atomic E-state index is -0.282. The van der Waals surface area contributed by atoms with Gasteiger partial charge in [-0.25, -0.2) is 0 Å². The molecule has 1 saturated heterocycles. The highest BCUT2D eigenvalue weighted by atomic mass is 79.9. The van der Waals surface area contributed by atoms with Crippen molar-refractivity contribution in [2.24, 2.45) is 11.8 Å². The number of hydrogen-bond donors (Lipinski definition) is 1. The number of halogens is 3. The minimum Gasteiger partial charge on any atom is -0.392 e. The van der Waals surface area contributed by atoms with Crippen LogP contribution in [0.2, 0.25) is 0 Å². The zero-order valence-electron chi connectivity index (χ0n) is 12.2. The molecule has 0 amide bonds. The van der Waals surface area contributed by atoms with Crippen LogP contribution in [-0.2, 0) is 4.74 Å². The Labute approximate surface area is 152 Å². The first-order valence-electron chi connectivity index (χ1n) is 7.68. The van der Waals surface area contributed by atoms with E-state index in [1.807, 2.05) is 0 Å². The first-order chi connectivity index (χ1) is 10.0. The quantitative estimate of drug-likeness (QED) is 0.453. The number of alkyl halides is 2. The third-order valence-electron chi connectivity index (χ3n) is 4.62. The van der Waals surface area contributed by atoms with E-state index in [-0.39, 0.29) is 23.1 Å². The number of aliphatic hydroxyl groups is 1. The molecule has 0 aromatic carbocycles. The Hall–Kier alpha value is 0.880. The maximum atomic E-state index is 10.4. The van der Waals surface area contributed by atoms with Gasteiger partial charge in [0.05, 0.1) is 18.3 Å². The van der Waals surface area contributed by atoms with Gasteiger partial charge < -0.3 is 9.84 Å². The van der Waals surface area contributed by atoms with Crippen molar-refractivity contribution in [1.29, 1.82) is 0 Å². The molecule has 1 aliphatic carbocycles. The van der Waals surface area contributed by atoms with Crippen molar-refractivity contribution in [2.45, 2.75) is 67.0 Å². The van der Waals surface area contributed by atoms with Gasteiger partial charge in [-0.15, -0.1) is 5.73 Å². The molecule has 0 spiro atoms. The molecule has 0 bridgehead atoms. The summed E-state index contributed by atoms with van der Waals surface area (Å²) >= 11 is 10.7. The van der Waals surface area contributed by atoms with Crippen molar-refractivity contribution in [3.8, 4) is 0 Å². The third kappa shape index (κ3) is 4.92. The molecule has 1 heterocycles. The number of hydrogen-bond acceptors (Lipinski definition) is 2. The number of allylic oxidation sites excluding steroid dienone is 1. The summed E-state index contributed by atoms with van der Waals surface area (Å²) in [6.45, 7) is 2.17. The lowest BCUT2D eigenvalue weighted by Crippen LogP contribution is -2.40. The van der Waals surface area contributed by atoms with Crippen LogP contribution in [-0.4, -0.2) is 33.1 Å². The summed E-state index contributed by atoms with van der Waals surface area (Å²) in [5.41, 5.74) is 3.13. The molecule has 5 heteroatoms. The predicted molar refractivity (Wildman–Crippen MR) is 97.4 cm³/mol. The Kier molecular flexibility index (Phi) is 7.51. The number of aliphatic hydroxyl groups excluding tert-OH is 1. The lowest BCUT2D eigenvalue weighted by molar-refractivity contribution is -0.0616. The maximum Gasteiger partial charge on any atom is 0.0715 e. The summed E-state index contributed by atoms with van der Waals surface area (Å²) in [4.78, 5) is 2.24. The van der Waals surface area contributed by atoms with Crippen LogP contribution in [0, 0.1) is 11.8 Å². The molecule has 0 radical (unpaired) electrons. The van der Waals surface area contributed by atoms with Gasteiger partial charge in [0.15, 0.2) is 0 Å². The average molecular weight is 487 g/mol. The van der Waals surface area contributed by atoms with Crippen molar-refractivity contribution in [3.05, 3.63) is 16.8 Å². The van der Waals surface area contributed by atoms with E-state index in [0.717, 1.165) is 32.1 Å². The van der Waals surface area contributed by atoms with Crippen LogP contribution >= 0.6 is 47.8 Å². The van der Waals surface area contributed by atoms with Gasteiger partial charge in [-0.3, -0.25) is 0 Å². The summed E-state index contributed by atoms with van der Waals surface area (Å²) < 4.78 is 6.44. The molecule has 0 unspecified atom stereocenters. The van der Waals surface area contributed by atoms with Gasteiger partial charge in [0.2, 0.25) is 0 Å². The van der Waals surface area contributed by atoms with Crippen LogP contribution in [0.5, 0.6) is 0 Å². The molecule has 7 atom stereocenters. The van der Waals surface area contributed by atoms with Gasteiger partial charge in [0, 0.05) is 14.6 Å². The fourth-order valence-corrected chi connectivity index (χ4v) is 4.54. The Morgan fingerprint density at radius 3 is 2.76 bits per heavy atom. The van der Waals surface area contributed by atoms with Crippen LogP contribution in [0.25, 0.3) is 0 Å². The second kappa shape index (κ2) is 8.65. The molecule has 0 aromatic heterocycles. The van der Waals surface area contributed by atoms with Crippen LogP contribution in [0.1, 0.15) is 39.0 Å². The summed E-state index contributed by atoms with van der Waals surface area (Å²) in [5.74, 6) is 0.946. The Morgan fingerprint density at radius 1 is 1.33 bits per heavy atom. The minimum absolute atomic E-state index is 0.118. The SMILES string of the molecule is CC[C@H](Br)[C@H]1C[C@H](Br)[C@H](O)C[C@H]2C[C@H](C=C=CBr)C[C@H]2O1. The standard InChI is InChI=1S/C16H23Br3O2/c1-2-12(18)16-9-13(19)14(20)8-11-6-10(4-3-5-17)7-15(11)21-16/h4-5,10-16,20H,2,6-9H2,1H3/t3?,10-,11+,12-,13-,14+,15+,16+/m0/s1. The normalized spacial score (nSPS) is 41.4. The molecule has 1 N–H and O–H groups in total. The van der Waals surface area contributed by atoms with Crippen LogP contribution in [0.4, 0.5) is 0 Å². The molecule has 2 fully saturated rings. The number of fused-ring (bicyclic) bond motifs is 1. The lowest BCUT2D eigenvalue weighted by Gasteiger charge is -2.35. The predicted octanol–water partition coefficient (Wildman–Crippen LogP) is 4.92. The first kappa shape index (κ1) is 18.2. The van der Waals surface area contributed by atoms with E-state index in [4.69, 9.17) is 4.74 Å². The van der Waals surface area contributed by atoms with Crippen molar-refractivity contribution in [2.75, 3.05) is 0 Å². The highest BCUT2D eigenvalue weighted by Gasteiger charge is 2.41. The molecule has 1 aliphatic heterocycles. The van der Waals surface area contributed by atoms with Crippen molar-refractivity contribution >= 4 is 47.8 Å². The molecule has 2 aliphatic rings. The van der Waals surface area contributed by atoms with Crippen molar-refractivity contribution in [1.82, 2.24) is 0 Å². The van der Waals surface area contributed by atoms with Crippen LogP contribution in [0.3, 0.4) is 0 Å². The van der Waals surface area contributed by atoms with E-state index in [1.54, 1.807) is 4.99 Å². The van der Waals surface area contributed by atoms with Gasteiger partial charge in [0.25, 0.3) is 0 Å². The highest BCUT2D eigenvalue weighted by molar-refractivity contribution is 9.11. The average Bonchev–Trinajstić information content (AvgIpc) is 2.83. The topological polar surface area (TPSA) is 29.5 Å². The molecular weight excluding hydrogens is 464 g/mol. The highest BCUT2D eigenvalue weighted by Crippen LogP contribution is 2.41. The summed E-state index contributed by atoms with van der Waals surface area (Å²) in [7, 11) is 0. The fourth-order valence-electron chi connectivity index (χ4n) is 3.46. The summed E-state index contributed by atoms with van der Waals surface area (Å²) in [5, 5.41) is 10.4. The molecule has 2 nitrogen and oxygen atoms in total. The van der Waals surface area contributed by atoms with E-state index >= 15 is 0 Å². The van der Waals surface area contributed by atoms with E-state index in [2.05, 4.69) is 66.5 Å². The van der Waals surface area contributed by atoms with E-state index in [0.29, 0.717) is 16.7 Å². The molecule has 1 saturated carbocycles. The second-order valence-electron chi connectivity index (χ2n) is 6.13. The van der Waals surface area contributed by atoms with Gasteiger partial charge in [-0.05, 0) is 50.0 Å².